The molecule has 1 spiro atoms. The van der Waals surface area contributed by atoms with Crippen LogP contribution in [0.2, 0.25) is 10.0 Å². The van der Waals surface area contributed by atoms with E-state index in [9.17, 15) is 4.79 Å². The van der Waals surface area contributed by atoms with Gasteiger partial charge in [0.1, 0.15) is 17.8 Å². The van der Waals surface area contributed by atoms with E-state index < -0.39 is 0 Å². The number of halogens is 2. The Morgan fingerprint density at radius 1 is 1.14 bits per heavy atom. The van der Waals surface area contributed by atoms with Gasteiger partial charge < -0.3 is 14.8 Å². The maximum absolute atomic E-state index is 13.1. The SMILES string of the molecule is O=C(Cc1ccc(Cl)cc1Cl)N1CCN(c2ncnc3[nH]ccc23)CC2(CC2)C1. The van der Waals surface area contributed by atoms with E-state index in [1.54, 1.807) is 18.5 Å². The van der Waals surface area contributed by atoms with Crippen molar-refractivity contribution in [1.82, 2.24) is 19.9 Å². The van der Waals surface area contributed by atoms with Gasteiger partial charge in [-0.25, -0.2) is 9.97 Å². The summed E-state index contributed by atoms with van der Waals surface area (Å²) in [5.41, 5.74) is 1.81. The zero-order valence-corrected chi connectivity index (χ0v) is 17.4. The van der Waals surface area contributed by atoms with Crippen LogP contribution in [0.25, 0.3) is 11.0 Å². The lowest BCUT2D eigenvalue weighted by atomic mass is 10.1. The number of carbonyl (C=O) groups excluding carboxylic acids is 1. The predicted octanol–water partition coefficient (Wildman–Crippen LogP) is 3.94. The van der Waals surface area contributed by atoms with Crippen LogP contribution in [0.15, 0.2) is 36.8 Å². The van der Waals surface area contributed by atoms with Crippen LogP contribution in [-0.2, 0) is 11.2 Å². The van der Waals surface area contributed by atoms with Gasteiger partial charge in [0.2, 0.25) is 5.91 Å². The number of carbonyl (C=O) groups is 1. The van der Waals surface area contributed by atoms with Crippen LogP contribution in [-0.4, -0.2) is 51.9 Å². The Labute approximate surface area is 178 Å². The van der Waals surface area contributed by atoms with Crippen LogP contribution >= 0.6 is 23.2 Å². The Hall–Kier alpha value is -2.31. The summed E-state index contributed by atoms with van der Waals surface area (Å²) in [6.45, 7) is 3.12. The molecule has 2 fully saturated rings. The van der Waals surface area contributed by atoms with Crippen molar-refractivity contribution in [2.75, 3.05) is 31.1 Å². The molecule has 0 bridgehead atoms. The van der Waals surface area contributed by atoms with Crippen molar-refractivity contribution >= 4 is 46.0 Å². The summed E-state index contributed by atoms with van der Waals surface area (Å²) in [5.74, 6) is 1.05. The lowest BCUT2D eigenvalue weighted by Gasteiger charge is -2.25. The first-order chi connectivity index (χ1) is 14.0. The number of aromatic amines is 1. The van der Waals surface area contributed by atoms with Crippen molar-refractivity contribution in [3.63, 3.8) is 0 Å². The standard InChI is InChI=1S/C21H21Cl2N5O/c22-15-2-1-14(17(23)10-15)9-18(29)27-7-8-28(12-21(11-27)4-5-21)20-16-3-6-24-19(16)25-13-26-20/h1-3,6,10,13H,4-5,7-9,11-12H2,(H,24,25,26). The number of rotatable bonds is 3. The molecular weight excluding hydrogens is 409 g/mol. The molecule has 1 aliphatic heterocycles. The Morgan fingerprint density at radius 2 is 2.00 bits per heavy atom. The second-order valence-corrected chi connectivity index (χ2v) is 8.93. The van der Waals surface area contributed by atoms with E-state index in [0.29, 0.717) is 23.0 Å². The molecule has 2 aliphatic rings. The molecule has 1 aliphatic carbocycles. The minimum atomic E-state index is 0.108. The highest BCUT2D eigenvalue weighted by atomic mass is 35.5. The number of anilines is 1. The van der Waals surface area contributed by atoms with Crippen molar-refractivity contribution in [3.05, 3.63) is 52.4 Å². The Balaban J connectivity index is 1.36. The second-order valence-electron chi connectivity index (χ2n) is 8.09. The molecule has 150 valence electrons. The van der Waals surface area contributed by atoms with Crippen molar-refractivity contribution in [3.8, 4) is 0 Å². The number of fused-ring (bicyclic) bond motifs is 1. The van der Waals surface area contributed by atoms with E-state index in [1.807, 2.05) is 23.2 Å². The molecule has 0 radical (unpaired) electrons. The topological polar surface area (TPSA) is 65.1 Å². The van der Waals surface area contributed by atoms with Crippen LogP contribution in [0.4, 0.5) is 5.82 Å². The lowest BCUT2D eigenvalue weighted by Crippen LogP contribution is -2.37. The average Bonchev–Trinajstić information content (AvgIpc) is 3.34. The van der Waals surface area contributed by atoms with Gasteiger partial charge >= 0.3 is 0 Å². The van der Waals surface area contributed by atoms with E-state index in [0.717, 1.165) is 54.9 Å². The third kappa shape index (κ3) is 3.67. The number of hydrogen-bond acceptors (Lipinski definition) is 4. The highest BCUT2D eigenvalue weighted by Gasteiger charge is 2.47. The van der Waals surface area contributed by atoms with E-state index in [-0.39, 0.29) is 11.3 Å². The Morgan fingerprint density at radius 3 is 2.79 bits per heavy atom. The minimum Gasteiger partial charge on any atom is -0.354 e. The number of amides is 1. The quantitative estimate of drug-likeness (QED) is 0.684. The smallest absolute Gasteiger partial charge is 0.227 e. The van der Waals surface area contributed by atoms with Gasteiger partial charge in [-0.3, -0.25) is 4.79 Å². The molecule has 3 aromatic rings. The molecule has 1 aromatic carbocycles. The summed E-state index contributed by atoms with van der Waals surface area (Å²) in [6.07, 6.45) is 6.05. The third-order valence-corrected chi connectivity index (χ3v) is 6.58. The van der Waals surface area contributed by atoms with Crippen LogP contribution < -0.4 is 4.90 Å². The minimum absolute atomic E-state index is 0.108. The van der Waals surface area contributed by atoms with Crippen LogP contribution in [0.5, 0.6) is 0 Å². The van der Waals surface area contributed by atoms with Crippen molar-refractivity contribution < 1.29 is 4.79 Å². The molecular formula is C21H21Cl2N5O. The fourth-order valence-electron chi connectivity index (χ4n) is 4.20. The zero-order chi connectivity index (χ0) is 20.0. The molecule has 3 heterocycles. The number of benzene rings is 1. The first kappa shape index (κ1) is 18.7. The summed E-state index contributed by atoms with van der Waals surface area (Å²) < 4.78 is 0. The molecule has 1 amide bonds. The summed E-state index contributed by atoms with van der Waals surface area (Å²) in [7, 11) is 0. The van der Waals surface area contributed by atoms with Crippen molar-refractivity contribution in [2.45, 2.75) is 19.3 Å². The molecule has 0 atom stereocenters. The molecule has 5 rings (SSSR count). The maximum atomic E-state index is 13.1. The van der Waals surface area contributed by atoms with Gasteiger partial charge in [0, 0.05) is 47.8 Å². The van der Waals surface area contributed by atoms with Gasteiger partial charge in [-0.05, 0) is 36.6 Å². The summed E-state index contributed by atoms with van der Waals surface area (Å²) >= 11 is 12.3. The molecule has 29 heavy (non-hydrogen) atoms. The molecule has 8 heteroatoms. The van der Waals surface area contributed by atoms with Crippen LogP contribution in [0.1, 0.15) is 18.4 Å². The van der Waals surface area contributed by atoms with E-state index in [4.69, 9.17) is 23.2 Å². The number of aromatic nitrogens is 3. The van der Waals surface area contributed by atoms with Gasteiger partial charge in [-0.15, -0.1) is 0 Å². The summed E-state index contributed by atoms with van der Waals surface area (Å²) in [6, 6.07) is 7.32. The highest BCUT2D eigenvalue weighted by molar-refractivity contribution is 6.35. The average molecular weight is 430 g/mol. The van der Waals surface area contributed by atoms with Gasteiger partial charge in [-0.1, -0.05) is 29.3 Å². The first-order valence-corrected chi connectivity index (χ1v) is 10.5. The fourth-order valence-corrected chi connectivity index (χ4v) is 4.67. The number of H-pyrrole nitrogens is 1. The fraction of sp³-hybridized carbons (Fsp3) is 0.381. The number of nitrogens with one attached hydrogen (secondary N) is 1. The summed E-state index contributed by atoms with van der Waals surface area (Å²) in [4.78, 5) is 29.4. The monoisotopic (exact) mass is 429 g/mol. The Kier molecular flexibility index (Phi) is 4.63. The van der Waals surface area contributed by atoms with Gasteiger partial charge in [0.25, 0.3) is 0 Å². The first-order valence-electron chi connectivity index (χ1n) is 9.78. The molecule has 1 N–H and O–H groups in total. The van der Waals surface area contributed by atoms with Crippen molar-refractivity contribution in [1.29, 1.82) is 0 Å². The molecule has 2 aromatic heterocycles. The van der Waals surface area contributed by atoms with E-state index in [2.05, 4.69) is 19.9 Å². The third-order valence-electron chi connectivity index (χ3n) is 5.99. The van der Waals surface area contributed by atoms with Gasteiger partial charge in [0.15, 0.2) is 0 Å². The van der Waals surface area contributed by atoms with E-state index >= 15 is 0 Å². The number of nitrogens with zero attached hydrogens (tertiary/aromatic N) is 4. The normalized spacial score (nSPS) is 18.3. The second kappa shape index (κ2) is 7.18. The number of hydrogen-bond donors (Lipinski definition) is 1. The zero-order valence-electron chi connectivity index (χ0n) is 15.9. The van der Waals surface area contributed by atoms with Crippen molar-refractivity contribution in [2.24, 2.45) is 5.41 Å². The summed E-state index contributed by atoms with van der Waals surface area (Å²) in [5, 5.41) is 2.14. The molecule has 1 saturated carbocycles. The van der Waals surface area contributed by atoms with Gasteiger partial charge in [-0.2, -0.15) is 0 Å². The molecule has 0 unspecified atom stereocenters. The van der Waals surface area contributed by atoms with E-state index in [1.165, 1.54) is 0 Å². The van der Waals surface area contributed by atoms with Crippen LogP contribution in [0.3, 0.4) is 0 Å². The van der Waals surface area contributed by atoms with Crippen LogP contribution in [0, 0.1) is 5.41 Å². The lowest BCUT2D eigenvalue weighted by molar-refractivity contribution is -0.130. The Bertz CT molecular complexity index is 1080. The predicted molar refractivity (Wildman–Crippen MR) is 115 cm³/mol. The highest BCUT2D eigenvalue weighted by Crippen LogP contribution is 2.48. The largest absolute Gasteiger partial charge is 0.354 e. The van der Waals surface area contributed by atoms with Gasteiger partial charge in [0.05, 0.1) is 11.8 Å². The maximum Gasteiger partial charge on any atom is 0.227 e. The molecule has 6 nitrogen and oxygen atoms in total. The molecule has 1 saturated heterocycles.